The summed E-state index contributed by atoms with van der Waals surface area (Å²) in [5, 5.41) is 0.711. The zero-order chi connectivity index (χ0) is 4.50. The Morgan fingerprint density at radius 2 is 1.20 bits per heavy atom. The first-order valence-corrected chi connectivity index (χ1v) is 5.37. The fraction of sp³-hybridized carbons (Fsp3) is 1.00. The number of rotatable bonds is 0. The van der Waals surface area contributed by atoms with Crippen molar-refractivity contribution in [3.8, 4) is 0 Å². The summed E-state index contributed by atoms with van der Waals surface area (Å²) in [6, 6.07) is 0. The van der Waals surface area contributed by atoms with Crippen molar-refractivity contribution in [2.45, 2.75) is 5.31 Å². The Bertz CT molecular complexity index is 128. The van der Waals surface area contributed by atoms with Gasteiger partial charge in [0.15, 0.2) is 0 Å². The molecule has 0 spiro atoms. The quantitative estimate of drug-likeness (QED) is 0.475. The third-order valence-corrected chi connectivity index (χ3v) is 0. The third-order valence-electron chi connectivity index (χ3n) is 0. The number of hydrogen-bond donors (Lipinski definition) is 0. The van der Waals surface area contributed by atoms with Gasteiger partial charge in [-0.05, 0) is 0 Å². The van der Waals surface area contributed by atoms with Crippen LogP contribution in [0.4, 0.5) is 0 Å². The van der Waals surface area contributed by atoms with Gasteiger partial charge in [0.1, 0.15) is 0 Å². The zero-order valence-corrected chi connectivity index (χ0v) is 4.64. The standard InChI is InChI=1S/CH3.Mo.3O/h1H3;;;;. The van der Waals surface area contributed by atoms with E-state index in [1.165, 1.54) is 0 Å². The predicted octanol–water partition coefficient (Wildman–Crippen LogP) is 0.225. The molecule has 0 saturated heterocycles. The first kappa shape index (κ1) is 5.09. The SMILES string of the molecule is [CH3][Mo](=[O])(=[O])=[O]. The van der Waals surface area contributed by atoms with E-state index in [-0.39, 0.29) is 0 Å². The van der Waals surface area contributed by atoms with Crippen LogP contribution in [-0.4, -0.2) is 0 Å². The fourth-order valence-electron chi connectivity index (χ4n) is 0. The van der Waals surface area contributed by atoms with Gasteiger partial charge in [-0.3, -0.25) is 0 Å². The van der Waals surface area contributed by atoms with Crippen LogP contribution in [0.1, 0.15) is 0 Å². The Morgan fingerprint density at radius 3 is 1.20 bits per heavy atom. The Balaban J connectivity index is 4.87. The first-order valence-electron chi connectivity index (χ1n) is 0.908. The van der Waals surface area contributed by atoms with Crippen LogP contribution in [0.2, 0.25) is 5.31 Å². The molecule has 4 heteroatoms. The Labute approximate surface area is 32.1 Å². The Kier molecular flexibility index (Phi) is 1.07. The molecule has 3 nitrogen and oxygen atoms in total. The molecule has 0 aromatic rings. The summed E-state index contributed by atoms with van der Waals surface area (Å²) in [4.78, 5) is 0. The summed E-state index contributed by atoms with van der Waals surface area (Å²) in [6.07, 6.45) is 0. The second-order valence-electron chi connectivity index (χ2n) is 0.704. The molecule has 0 aromatic carbocycles. The average Bonchev–Trinajstić information content (AvgIpc) is 0.722. The third kappa shape index (κ3) is 2290. The molecule has 0 aromatic heterocycles. The van der Waals surface area contributed by atoms with Crippen molar-refractivity contribution >= 4 is 0 Å². The van der Waals surface area contributed by atoms with E-state index in [9.17, 15) is 10.2 Å². The molecule has 0 atom stereocenters. The van der Waals surface area contributed by atoms with Gasteiger partial charge < -0.3 is 0 Å². The van der Waals surface area contributed by atoms with E-state index in [1.54, 1.807) is 0 Å². The van der Waals surface area contributed by atoms with Crippen LogP contribution in [0.3, 0.4) is 0 Å². The van der Waals surface area contributed by atoms with Gasteiger partial charge in [-0.15, -0.1) is 0 Å². The summed E-state index contributed by atoms with van der Waals surface area (Å²) in [6.45, 7) is 0. The fourth-order valence-corrected chi connectivity index (χ4v) is 0. The molecule has 0 heterocycles. The van der Waals surface area contributed by atoms with Gasteiger partial charge in [-0.2, -0.15) is 0 Å². The minimum atomic E-state index is -4.77. The topological polar surface area (TPSA) is 51.2 Å². The Hall–Kier alpha value is 0.0883. The molecular formula is CH3MoO3. The minimum absolute atomic E-state index is 0.711. The molecule has 0 aliphatic carbocycles. The van der Waals surface area contributed by atoms with E-state index in [4.69, 9.17) is 0 Å². The van der Waals surface area contributed by atoms with Crippen molar-refractivity contribution in [2.75, 3.05) is 0 Å². The predicted molar refractivity (Wildman–Crippen MR) is 7.92 cm³/mol. The molecule has 0 bridgehead atoms. The van der Waals surface area contributed by atoms with Crippen molar-refractivity contribution < 1.29 is 26.1 Å². The second-order valence-corrected chi connectivity index (χ2v) is 4.17. The second kappa shape index (κ2) is 1.05. The summed E-state index contributed by atoms with van der Waals surface area (Å²) < 4.78 is 27.5. The van der Waals surface area contributed by atoms with Crippen LogP contribution in [0, 0.1) is 0 Å². The maximum atomic E-state index is 9.18. The Morgan fingerprint density at radius 1 is 1.20 bits per heavy atom. The molecule has 0 radical (unpaired) electrons. The maximum absolute atomic E-state index is 9.18. The van der Waals surface area contributed by atoms with Crippen molar-refractivity contribution in [3.05, 3.63) is 0 Å². The average molecular weight is 159 g/mol. The van der Waals surface area contributed by atoms with E-state index in [1.807, 2.05) is 0 Å². The molecular weight excluding hydrogens is 156 g/mol. The molecule has 0 unspecified atom stereocenters. The van der Waals surface area contributed by atoms with Crippen molar-refractivity contribution in [1.29, 1.82) is 0 Å². The molecule has 31 valence electrons. The normalized spacial score (nSPS) is 11.4. The molecule has 5 heavy (non-hydrogen) atoms. The van der Waals surface area contributed by atoms with Gasteiger partial charge in [0.2, 0.25) is 0 Å². The van der Waals surface area contributed by atoms with Crippen LogP contribution >= 0.6 is 0 Å². The molecule has 0 fully saturated rings. The van der Waals surface area contributed by atoms with E-state index in [2.05, 4.69) is 0 Å². The summed E-state index contributed by atoms with van der Waals surface area (Å²) >= 11 is -4.77. The van der Waals surface area contributed by atoms with Gasteiger partial charge in [0.25, 0.3) is 0 Å². The summed E-state index contributed by atoms with van der Waals surface area (Å²) in [7, 11) is 0. The molecule has 0 N–H and O–H groups in total. The van der Waals surface area contributed by atoms with Crippen molar-refractivity contribution in [3.63, 3.8) is 0 Å². The van der Waals surface area contributed by atoms with E-state index >= 15 is 0 Å². The van der Waals surface area contributed by atoms with Crippen molar-refractivity contribution in [1.82, 2.24) is 0 Å². The van der Waals surface area contributed by atoms with Crippen molar-refractivity contribution in [2.24, 2.45) is 0 Å². The molecule has 0 aliphatic rings. The van der Waals surface area contributed by atoms with Gasteiger partial charge >= 0.3 is 31.5 Å². The molecule has 0 aliphatic heterocycles. The molecule has 0 saturated carbocycles. The van der Waals surface area contributed by atoms with Gasteiger partial charge in [-0.1, -0.05) is 0 Å². The van der Waals surface area contributed by atoms with Crippen LogP contribution < -0.4 is 0 Å². The van der Waals surface area contributed by atoms with Crippen LogP contribution in [0.5, 0.6) is 0 Å². The molecule has 0 amide bonds. The van der Waals surface area contributed by atoms with Gasteiger partial charge in [0, 0.05) is 0 Å². The monoisotopic (exact) mass is 161 g/mol. The van der Waals surface area contributed by atoms with E-state index in [0.717, 1.165) is 0 Å². The summed E-state index contributed by atoms with van der Waals surface area (Å²) in [5.41, 5.74) is 0. The van der Waals surface area contributed by atoms with E-state index < -0.39 is 15.9 Å². The number of hydrogen-bond acceptors (Lipinski definition) is 3. The van der Waals surface area contributed by atoms with E-state index in [0.29, 0.717) is 5.31 Å². The van der Waals surface area contributed by atoms with Gasteiger partial charge in [-0.25, -0.2) is 0 Å². The van der Waals surface area contributed by atoms with Crippen LogP contribution in [0.15, 0.2) is 0 Å². The van der Waals surface area contributed by atoms with Crippen LogP contribution in [-0.2, 0) is 26.1 Å². The zero-order valence-electron chi connectivity index (χ0n) is 2.63. The van der Waals surface area contributed by atoms with Gasteiger partial charge in [0.05, 0.1) is 0 Å². The first-order chi connectivity index (χ1) is 2.00. The molecule has 0 rings (SSSR count). The summed E-state index contributed by atoms with van der Waals surface area (Å²) in [5.74, 6) is 0. The van der Waals surface area contributed by atoms with Crippen LogP contribution in [0.25, 0.3) is 0 Å².